The first-order valence-electron chi connectivity index (χ1n) is 12.2. The van der Waals surface area contributed by atoms with E-state index in [1.807, 2.05) is 24.3 Å². The summed E-state index contributed by atoms with van der Waals surface area (Å²) in [5.74, 6) is -0.217. The monoisotopic (exact) mass is 532 g/mol. The number of hydrogen-bond acceptors (Lipinski definition) is 7. The van der Waals surface area contributed by atoms with Gasteiger partial charge in [-0.2, -0.15) is 5.10 Å². The number of carbonyl (C=O) groups excluding carboxylic acids is 3. The van der Waals surface area contributed by atoms with Gasteiger partial charge in [-0.25, -0.2) is 5.43 Å². The van der Waals surface area contributed by atoms with Gasteiger partial charge in [-0.05, 0) is 65.1 Å². The van der Waals surface area contributed by atoms with Crippen LogP contribution in [0.1, 0.15) is 36.5 Å². The van der Waals surface area contributed by atoms with Gasteiger partial charge in [0.25, 0.3) is 5.91 Å². The van der Waals surface area contributed by atoms with Crippen molar-refractivity contribution in [3.8, 4) is 17.2 Å². The van der Waals surface area contributed by atoms with Crippen LogP contribution < -0.4 is 30.3 Å². The second-order valence-electron chi connectivity index (χ2n) is 8.75. The lowest BCUT2D eigenvalue weighted by atomic mass is 10.0. The second-order valence-corrected chi connectivity index (χ2v) is 8.75. The lowest BCUT2D eigenvalue weighted by Gasteiger charge is -2.11. The van der Waals surface area contributed by atoms with E-state index >= 15 is 0 Å². The van der Waals surface area contributed by atoms with Crippen molar-refractivity contribution in [2.45, 2.75) is 26.3 Å². The van der Waals surface area contributed by atoms with Crippen molar-refractivity contribution >= 4 is 29.6 Å². The fourth-order valence-electron chi connectivity index (χ4n) is 3.40. The Balaban J connectivity index is 1.47. The topological polar surface area (TPSA) is 127 Å². The molecular weight excluding hydrogens is 500 g/mol. The van der Waals surface area contributed by atoms with Gasteiger partial charge in [-0.3, -0.25) is 14.4 Å². The number of nitrogens with zero attached hydrogens (tertiary/aromatic N) is 1. The Morgan fingerprint density at radius 2 is 1.59 bits per heavy atom. The van der Waals surface area contributed by atoms with Crippen molar-refractivity contribution in [2.24, 2.45) is 5.10 Å². The lowest BCUT2D eigenvalue weighted by molar-refractivity contribution is -0.139. The van der Waals surface area contributed by atoms with Crippen molar-refractivity contribution in [1.82, 2.24) is 10.7 Å². The molecule has 0 radical (unpaired) electrons. The lowest BCUT2D eigenvalue weighted by Crippen LogP contribution is -2.37. The molecule has 0 spiro atoms. The van der Waals surface area contributed by atoms with Gasteiger partial charge in [-0.15, -0.1) is 0 Å². The highest BCUT2D eigenvalue weighted by molar-refractivity contribution is 6.35. The third-order valence-corrected chi connectivity index (χ3v) is 5.61. The number of carbonyl (C=O) groups is 3. The van der Waals surface area contributed by atoms with Crippen molar-refractivity contribution in [3.05, 3.63) is 83.4 Å². The largest absolute Gasteiger partial charge is 0.497 e. The van der Waals surface area contributed by atoms with Crippen molar-refractivity contribution in [2.75, 3.05) is 26.1 Å². The van der Waals surface area contributed by atoms with E-state index in [0.717, 1.165) is 5.56 Å². The number of rotatable bonds is 11. The highest BCUT2D eigenvalue weighted by Crippen LogP contribution is 2.27. The van der Waals surface area contributed by atoms with E-state index < -0.39 is 11.8 Å². The number of ether oxygens (including phenoxy) is 3. The van der Waals surface area contributed by atoms with Crippen LogP contribution in [0.4, 0.5) is 5.69 Å². The van der Waals surface area contributed by atoms with Gasteiger partial charge in [0.2, 0.25) is 0 Å². The molecule has 0 aliphatic heterocycles. The zero-order valence-electron chi connectivity index (χ0n) is 22.3. The van der Waals surface area contributed by atoms with Crippen LogP contribution in [-0.4, -0.2) is 44.8 Å². The van der Waals surface area contributed by atoms with Crippen LogP contribution in [0.25, 0.3) is 0 Å². The molecule has 0 saturated heterocycles. The molecule has 10 nitrogen and oxygen atoms in total. The number of methoxy groups -OCH3 is 2. The maximum absolute atomic E-state index is 12.2. The van der Waals surface area contributed by atoms with Gasteiger partial charge in [0.1, 0.15) is 5.75 Å². The van der Waals surface area contributed by atoms with Crippen LogP contribution in [0.3, 0.4) is 0 Å². The van der Waals surface area contributed by atoms with Crippen molar-refractivity contribution in [3.63, 3.8) is 0 Å². The minimum absolute atomic E-state index is 0.227. The summed E-state index contributed by atoms with van der Waals surface area (Å²) in [7, 11) is 3.03. The van der Waals surface area contributed by atoms with Gasteiger partial charge in [0, 0.05) is 12.2 Å². The predicted octanol–water partition coefficient (Wildman–Crippen LogP) is 3.61. The molecule has 0 heterocycles. The summed E-state index contributed by atoms with van der Waals surface area (Å²) in [5, 5.41) is 9.13. The Morgan fingerprint density at radius 3 is 2.23 bits per heavy atom. The molecule has 3 aromatic carbocycles. The summed E-state index contributed by atoms with van der Waals surface area (Å²) in [6.07, 6.45) is 1.36. The molecule has 204 valence electrons. The zero-order valence-corrected chi connectivity index (χ0v) is 22.3. The minimum Gasteiger partial charge on any atom is -0.497 e. The SMILES string of the molecule is COc1ccc(NC(=O)COc2ccc(/C=N\NC(=O)C(=O)NCc3ccc(C(C)C)cc3)cc2OC)cc1. The van der Waals surface area contributed by atoms with Crippen LogP contribution in [-0.2, 0) is 20.9 Å². The third kappa shape index (κ3) is 8.89. The first-order valence-corrected chi connectivity index (χ1v) is 12.2. The normalized spacial score (nSPS) is 10.7. The molecule has 3 aromatic rings. The molecule has 10 heteroatoms. The standard InChI is InChI=1S/C29H32N4O6/c1-19(2)22-8-5-20(6-9-22)16-30-28(35)29(36)33-31-17-21-7-14-25(26(15-21)38-4)39-18-27(34)32-23-10-12-24(37-3)13-11-23/h5-15,17,19H,16,18H2,1-4H3,(H,30,35)(H,32,34)(H,33,36)/b31-17-. The predicted molar refractivity (Wildman–Crippen MR) is 148 cm³/mol. The Morgan fingerprint density at radius 1 is 0.872 bits per heavy atom. The molecule has 0 aliphatic rings. The van der Waals surface area contributed by atoms with Gasteiger partial charge < -0.3 is 24.8 Å². The number of benzene rings is 3. The molecule has 0 saturated carbocycles. The molecule has 0 aliphatic carbocycles. The van der Waals surface area contributed by atoms with Crippen LogP contribution in [0, 0.1) is 0 Å². The zero-order chi connectivity index (χ0) is 28.2. The highest BCUT2D eigenvalue weighted by atomic mass is 16.5. The van der Waals surface area contributed by atoms with E-state index in [4.69, 9.17) is 14.2 Å². The summed E-state index contributed by atoms with van der Waals surface area (Å²) in [5.41, 5.74) is 5.47. The summed E-state index contributed by atoms with van der Waals surface area (Å²) in [6.45, 7) is 4.20. The summed E-state index contributed by atoms with van der Waals surface area (Å²) < 4.78 is 16.0. The number of amides is 3. The number of hydrogen-bond donors (Lipinski definition) is 3. The highest BCUT2D eigenvalue weighted by Gasteiger charge is 2.13. The summed E-state index contributed by atoms with van der Waals surface area (Å²) in [4.78, 5) is 36.4. The number of anilines is 1. The average molecular weight is 533 g/mol. The van der Waals surface area contributed by atoms with E-state index in [2.05, 4.69) is 35.0 Å². The molecule has 0 atom stereocenters. The number of hydrazone groups is 1. The second kappa shape index (κ2) is 14.2. The molecule has 0 aromatic heterocycles. The third-order valence-electron chi connectivity index (χ3n) is 5.61. The van der Waals surface area contributed by atoms with Gasteiger partial charge in [0.15, 0.2) is 18.1 Å². The van der Waals surface area contributed by atoms with Gasteiger partial charge in [-0.1, -0.05) is 38.1 Å². The first-order chi connectivity index (χ1) is 18.8. The average Bonchev–Trinajstić information content (AvgIpc) is 2.95. The molecule has 3 rings (SSSR count). The van der Waals surface area contributed by atoms with E-state index in [1.165, 1.54) is 18.9 Å². The smallest absolute Gasteiger partial charge is 0.329 e. The molecular formula is C29H32N4O6. The van der Waals surface area contributed by atoms with Crippen molar-refractivity contribution < 1.29 is 28.6 Å². The Kier molecular flexibility index (Phi) is 10.4. The van der Waals surface area contributed by atoms with Crippen LogP contribution in [0.2, 0.25) is 0 Å². The molecule has 0 fully saturated rings. The van der Waals surface area contributed by atoms with Crippen molar-refractivity contribution in [1.29, 1.82) is 0 Å². The molecule has 3 N–H and O–H groups in total. The maximum Gasteiger partial charge on any atom is 0.329 e. The van der Waals surface area contributed by atoms with E-state index in [0.29, 0.717) is 34.4 Å². The van der Waals surface area contributed by atoms with Crippen LogP contribution in [0.15, 0.2) is 71.8 Å². The van der Waals surface area contributed by atoms with Gasteiger partial charge in [0.05, 0.1) is 20.4 Å². The molecule has 3 amide bonds. The molecule has 0 bridgehead atoms. The first kappa shape index (κ1) is 28.7. The van der Waals surface area contributed by atoms with Gasteiger partial charge >= 0.3 is 11.8 Å². The summed E-state index contributed by atoms with van der Waals surface area (Å²) in [6, 6.07) is 19.6. The van der Waals surface area contributed by atoms with Crippen LogP contribution >= 0.6 is 0 Å². The Labute approximate surface area is 227 Å². The Hall–Kier alpha value is -4.86. The van der Waals surface area contributed by atoms with Crippen LogP contribution in [0.5, 0.6) is 17.2 Å². The molecule has 0 unspecified atom stereocenters. The maximum atomic E-state index is 12.2. The summed E-state index contributed by atoms with van der Waals surface area (Å²) >= 11 is 0. The molecule has 39 heavy (non-hydrogen) atoms. The van der Waals surface area contributed by atoms with E-state index in [9.17, 15) is 14.4 Å². The quantitative estimate of drug-likeness (QED) is 0.197. The fourth-order valence-corrected chi connectivity index (χ4v) is 3.40. The number of nitrogens with one attached hydrogen (secondary N) is 3. The van der Waals surface area contributed by atoms with E-state index in [-0.39, 0.29) is 19.1 Å². The van der Waals surface area contributed by atoms with E-state index in [1.54, 1.807) is 49.6 Å². The Bertz CT molecular complexity index is 1300. The minimum atomic E-state index is -0.889. The fraction of sp³-hybridized carbons (Fsp3) is 0.241.